The van der Waals surface area contributed by atoms with Gasteiger partial charge in [0.2, 0.25) is 0 Å². The van der Waals surface area contributed by atoms with Crippen LogP contribution >= 0.6 is 11.6 Å². The van der Waals surface area contributed by atoms with Crippen LogP contribution in [0, 0.1) is 18.2 Å². The molecule has 73 heavy (non-hydrogen) atoms. The minimum absolute atomic E-state index is 0.316. The van der Waals surface area contributed by atoms with Crippen LogP contribution in [0.15, 0.2) is 95.4 Å². The van der Waals surface area contributed by atoms with Gasteiger partial charge in [0.15, 0.2) is 22.9 Å². The van der Waals surface area contributed by atoms with E-state index in [4.69, 9.17) is 16.7 Å². The van der Waals surface area contributed by atoms with Gasteiger partial charge in [-0.1, -0.05) is 82.2 Å². The highest BCUT2D eigenvalue weighted by molar-refractivity contribution is 6.31. The Hall–Kier alpha value is -6.88. The van der Waals surface area contributed by atoms with Crippen LogP contribution in [0.1, 0.15) is 144 Å². The first kappa shape index (κ1) is 57.0. The summed E-state index contributed by atoms with van der Waals surface area (Å²) >= 11 is 6.14. The van der Waals surface area contributed by atoms with Gasteiger partial charge in [0.1, 0.15) is 17.0 Å². The lowest BCUT2D eigenvalue weighted by Crippen LogP contribution is -2.37. The van der Waals surface area contributed by atoms with Crippen LogP contribution in [0.5, 0.6) is 11.5 Å². The van der Waals surface area contributed by atoms with Crippen molar-refractivity contribution in [2.45, 2.75) is 143 Å². The number of nitrogens with zero attached hydrogens (tertiary/aromatic N) is 7. The average Bonchev–Trinajstić information content (AvgIpc) is 4.20. The molecule has 9 rings (SSSR count). The first-order chi connectivity index (χ1) is 34.7. The minimum Gasteiger partial charge on any atom is -0.513 e. The average molecular weight is 1020 g/mol. The van der Waals surface area contributed by atoms with Gasteiger partial charge in [0, 0.05) is 48.9 Å². The van der Waals surface area contributed by atoms with Gasteiger partial charge in [-0.15, -0.1) is 6.58 Å². The Morgan fingerprint density at radius 2 is 1.33 bits per heavy atom. The topological polar surface area (TPSA) is 219 Å². The van der Waals surface area contributed by atoms with Crippen LogP contribution in [-0.4, -0.2) is 75.3 Å². The van der Waals surface area contributed by atoms with Crippen molar-refractivity contribution in [1.29, 1.82) is 0 Å². The van der Waals surface area contributed by atoms with Crippen molar-refractivity contribution in [1.82, 2.24) is 44.7 Å². The van der Waals surface area contributed by atoms with Crippen LogP contribution in [0.3, 0.4) is 0 Å². The molecule has 5 heterocycles. The summed E-state index contributed by atoms with van der Waals surface area (Å²) in [7, 11) is 2.81. The summed E-state index contributed by atoms with van der Waals surface area (Å²) in [4.78, 5) is 56.8. The maximum absolute atomic E-state index is 14.7. The van der Waals surface area contributed by atoms with Crippen molar-refractivity contribution in [3.8, 4) is 11.5 Å². The number of aliphatic hydroxyl groups is 1. The van der Waals surface area contributed by atoms with E-state index in [1.807, 2.05) is 32.0 Å². The van der Waals surface area contributed by atoms with Crippen LogP contribution in [0.4, 0.5) is 4.39 Å². The smallest absolute Gasteiger partial charge is 0.275 e. The van der Waals surface area contributed by atoms with Crippen LogP contribution in [-0.2, 0) is 24.0 Å². The standard InChI is InChI=1S/C21H21FN4O3.C20H22ClN5O3.C7H14.C4H8O.C3H6/c1-23-20(29)18-19(28)16(27)11-26(25-18)12-21(6-2-3-7-21)14-9-13-5-4-8-24-17(13)15(22)10-14;1-12-9-26(18-14(12)7-13(21)8-23-18)20(5-3-4-6-20)11-25-10-15(27)17(28)16(24-25)19(29)22-2;1-7(2)5-3-4-6-7;1-3-4(2)5;1-3-2/h4-5,8-11,27H,2-3,6-7,12H2,1H3,(H,23,29);7-10,27H,3-6,11H2,1-2H3,(H,22,29);3-6H2,1-2H3;3,5H,1-2H3;3H,1H2,2H3/b;;;4-3+;. The zero-order chi connectivity index (χ0) is 53.7. The summed E-state index contributed by atoms with van der Waals surface area (Å²) in [5.41, 5.74) is 0.729. The maximum Gasteiger partial charge on any atom is 0.275 e. The fraction of sp³-hybridized carbons (Fsp3) is 0.455. The molecule has 0 aliphatic heterocycles. The van der Waals surface area contributed by atoms with Crippen molar-refractivity contribution >= 4 is 45.4 Å². The second-order valence-electron chi connectivity index (χ2n) is 19.8. The van der Waals surface area contributed by atoms with E-state index in [2.05, 4.69) is 62.0 Å². The fourth-order valence-electron chi connectivity index (χ4n) is 9.84. The van der Waals surface area contributed by atoms with E-state index in [0.717, 1.165) is 78.9 Å². The highest BCUT2D eigenvalue weighted by Crippen LogP contribution is 2.44. The predicted molar refractivity (Wildman–Crippen MR) is 285 cm³/mol. The summed E-state index contributed by atoms with van der Waals surface area (Å²) in [6, 6.07) is 8.96. The highest BCUT2D eigenvalue weighted by Gasteiger charge is 2.39. The lowest BCUT2D eigenvalue weighted by molar-refractivity contribution is 0.0945. The molecule has 3 aliphatic carbocycles. The lowest BCUT2D eigenvalue weighted by Gasteiger charge is -2.32. The van der Waals surface area contributed by atoms with Crippen LogP contribution < -0.4 is 21.5 Å². The Kier molecular flexibility index (Phi) is 19.7. The molecule has 0 spiro atoms. The largest absolute Gasteiger partial charge is 0.513 e. The number of benzene rings is 1. The van der Waals surface area contributed by atoms with E-state index in [-0.39, 0.29) is 22.7 Å². The highest BCUT2D eigenvalue weighted by atomic mass is 35.5. The van der Waals surface area contributed by atoms with Crippen LogP contribution in [0.2, 0.25) is 5.02 Å². The number of hydrogen-bond acceptors (Lipinski definition) is 11. The summed E-state index contributed by atoms with van der Waals surface area (Å²) in [6.45, 7) is 16.1. The monoisotopic (exact) mass is 1020 g/mol. The van der Waals surface area contributed by atoms with Gasteiger partial charge < -0.3 is 30.5 Å². The summed E-state index contributed by atoms with van der Waals surface area (Å²) < 4.78 is 19.8. The van der Waals surface area contributed by atoms with Crippen molar-refractivity contribution in [3.63, 3.8) is 0 Å². The Balaban J connectivity index is 0.000000211. The SMILES string of the molecule is C/C=C(\C)O.C=CC.CC1(C)CCCC1.CNC(=O)c1nn(CC2(c3cc(F)c4ncccc4c3)CCCC2)cc(O)c1=O.CNC(=O)c1nn(CC2(n3cc(C)c4cc(Cl)cnc43)CCCC2)cc(O)c1=O. The number of rotatable bonds is 8. The van der Waals surface area contributed by atoms with E-state index >= 15 is 0 Å². The Morgan fingerprint density at radius 3 is 1.82 bits per heavy atom. The molecular weight excluding hydrogens is 953 g/mol. The third-order valence-electron chi connectivity index (χ3n) is 13.8. The molecule has 0 bridgehead atoms. The summed E-state index contributed by atoms with van der Waals surface area (Å²) in [6.07, 6.45) is 24.4. The number of fused-ring (bicyclic) bond motifs is 2. The number of aromatic hydroxyl groups is 2. The molecule has 5 N–H and O–H groups in total. The first-order valence-corrected chi connectivity index (χ1v) is 25.2. The molecule has 0 unspecified atom stereocenters. The molecule has 5 aromatic heterocycles. The molecule has 3 saturated carbocycles. The number of halogens is 2. The number of aromatic nitrogens is 7. The maximum atomic E-state index is 14.7. The van der Waals surface area contributed by atoms with Crippen molar-refractivity contribution < 1.29 is 29.3 Å². The van der Waals surface area contributed by atoms with Gasteiger partial charge in [-0.3, -0.25) is 33.5 Å². The Morgan fingerprint density at radius 1 is 0.822 bits per heavy atom. The quantitative estimate of drug-likeness (QED) is 0.0713. The number of allylic oxidation sites excluding steroid dienone is 3. The molecule has 16 nitrogen and oxygen atoms in total. The number of pyridine rings is 2. The zero-order valence-electron chi connectivity index (χ0n) is 43.4. The molecule has 6 aromatic rings. The van der Waals surface area contributed by atoms with E-state index in [9.17, 15) is 33.8 Å². The number of amides is 2. The molecule has 1 aromatic carbocycles. The van der Waals surface area contributed by atoms with E-state index < -0.39 is 39.6 Å². The molecule has 0 saturated heterocycles. The predicted octanol–water partition coefficient (Wildman–Crippen LogP) is 10.3. The normalized spacial score (nSPS) is 16.1. The first-order valence-electron chi connectivity index (χ1n) is 24.8. The van der Waals surface area contributed by atoms with Crippen molar-refractivity contribution in [2.75, 3.05) is 14.1 Å². The van der Waals surface area contributed by atoms with Crippen LogP contribution in [0.25, 0.3) is 21.9 Å². The number of hydrogen-bond donors (Lipinski definition) is 5. The van der Waals surface area contributed by atoms with Gasteiger partial charge in [-0.25, -0.2) is 9.37 Å². The zero-order valence-corrected chi connectivity index (χ0v) is 44.2. The van der Waals surface area contributed by atoms with Gasteiger partial charge in [0.05, 0.1) is 41.8 Å². The number of nitrogens with one attached hydrogen (secondary N) is 2. The van der Waals surface area contributed by atoms with Gasteiger partial charge in [-0.2, -0.15) is 10.2 Å². The molecule has 392 valence electrons. The summed E-state index contributed by atoms with van der Waals surface area (Å²) in [5, 5.41) is 43.7. The molecule has 2 amide bonds. The lowest BCUT2D eigenvalue weighted by atomic mass is 9.78. The van der Waals surface area contributed by atoms with Crippen molar-refractivity contribution in [3.05, 3.63) is 140 Å². The van der Waals surface area contributed by atoms with E-state index in [1.165, 1.54) is 67.6 Å². The number of aryl methyl sites for hydroxylation is 1. The second kappa shape index (κ2) is 25.2. The summed E-state index contributed by atoms with van der Waals surface area (Å²) in [5.74, 6) is -2.33. The van der Waals surface area contributed by atoms with Crippen molar-refractivity contribution in [2.24, 2.45) is 5.41 Å². The van der Waals surface area contributed by atoms with E-state index in [1.54, 1.807) is 44.5 Å². The molecular formula is C55H71ClFN9O7. The third-order valence-corrected chi connectivity index (χ3v) is 14.0. The minimum atomic E-state index is -0.816. The number of carbonyl (C=O) groups is 2. The van der Waals surface area contributed by atoms with Gasteiger partial charge in [-0.05, 0) is 107 Å². The molecule has 18 heteroatoms. The molecule has 0 radical (unpaired) electrons. The number of aliphatic hydroxyl groups excluding tert-OH is 1. The molecule has 0 atom stereocenters. The third kappa shape index (κ3) is 14.0. The van der Waals surface area contributed by atoms with E-state index in [0.29, 0.717) is 34.8 Å². The fourth-order valence-corrected chi connectivity index (χ4v) is 10.00. The van der Waals surface area contributed by atoms with Gasteiger partial charge in [0.25, 0.3) is 22.7 Å². The second-order valence-corrected chi connectivity index (χ2v) is 20.2. The number of carbonyl (C=O) groups excluding carboxylic acids is 2. The molecule has 3 aliphatic rings. The Labute approximate surface area is 431 Å². The Bertz CT molecular complexity index is 3050. The molecule has 3 fully saturated rings. The van der Waals surface area contributed by atoms with Gasteiger partial charge >= 0.3 is 0 Å².